The molecule has 0 unspecified atom stereocenters. The monoisotopic (exact) mass is 294 g/mol. The first-order valence-corrected chi connectivity index (χ1v) is 6.44. The first kappa shape index (κ1) is 12.3. The van der Waals surface area contributed by atoms with Crippen LogP contribution in [0.4, 0.5) is 0 Å². The molecule has 2 aromatic heterocycles. The number of rotatable bonds is 5. The maximum absolute atomic E-state index is 4.23. The highest BCUT2D eigenvalue weighted by Gasteiger charge is 2.01. The van der Waals surface area contributed by atoms with E-state index < -0.39 is 0 Å². The first-order chi connectivity index (χ1) is 8.29. The van der Waals surface area contributed by atoms with Crippen LogP contribution in [0.3, 0.4) is 0 Å². The van der Waals surface area contributed by atoms with Crippen molar-refractivity contribution >= 4 is 15.9 Å². The lowest BCUT2D eigenvalue weighted by Crippen LogP contribution is -2.14. The van der Waals surface area contributed by atoms with Gasteiger partial charge in [0, 0.05) is 18.9 Å². The highest BCUT2D eigenvalue weighted by Crippen LogP contribution is 2.12. The van der Waals surface area contributed by atoms with E-state index in [1.807, 2.05) is 18.6 Å². The fraction of sp³-hybridized carbons (Fsp3) is 0.333. The molecule has 1 N–H and O–H groups in total. The van der Waals surface area contributed by atoms with E-state index >= 15 is 0 Å². The Morgan fingerprint density at radius 3 is 2.94 bits per heavy atom. The molecule has 0 aliphatic heterocycles. The van der Waals surface area contributed by atoms with Crippen LogP contribution in [0.2, 0.25) is 0 Å². The number of nitrogens with zero attached hydrogens (tertiary/aromatic N) is 3. The maximum Gasteiger partial charge on any atom is 0.0832 e. The van der Waals surface area contributed by atoms with Crippen molar-refractivity contribution in [3.63, 3.8) is 0 Å². The molecule has 5 heteroatoms. The van der Waals surface area contributed by atoms with Crippen molar-refractivity contribution in [2.75, 3.05) is 6.54 Å². The molecule has 90 valence electrons. The van der Waals surface area contributed by atoms with Crippen LogP contribution < -0.4 is 5.32 Å². The third-order valence-corrected chi connectivity index (χ3v) is 2.76. The fourth-order valence-corrected chi connectivity index (χ4v) is 1.83. The van der Waals surface area contributed by atoms with Gasteiger partial charge in [-0.2, -0.15) is 5.10 Å². The molecular formula is C12H15BrN4. The molecule has 2 aromatic rings. The molecule has 0 amide bonds. The summed E-state index contributed by atoms with van der Waals surface area (Å²) in [6, 6.07) is 2.09. The largest absolute Gasteiger partial charge is 0.313 e. The Labute approximate surface area is 109 Å². The summed E-state index contributed by atoms with van der Waals surface area (Å²) in [6.45, 7) is 4.03. The zero-order valence-corrected chi connectivity index (χ0v) is 11.3. The van der Waals surface area contributed by atoms with Gasteiger partial charge in [0.15, 0.2) is 0 Å². The van der Waals surface area contributed by atoms with Crippen LogP contribution in [0, 0.1) is 0 Å². The Balaban J connectivity index is 2.11. The summed E-state index contributed by atoms with van der Waals surface area (Å²) in [4.78, 5) is 4.23. The molecule has 0 saturated carbocycles. The van der Waals surface area contributed by atoms with Gasteiger partial charge < -0.3 is 5.32 Å². The number of halogens is 1. The van der Waals surface area contributed by atoms with Gasteiger partial charge in [0.25, 0.3) is 0 Å². The third-order valence-electron chi connectivity index (χ3n) is 2.35. The van der Waals surface area contributed by atoms with Gasteiger partial charge in [0.2, 0.25) is 0 Å². The minimum Gasteiger partial charge on any atom is -0.313 e. The van der Waals surface area contributed by atoms with Crippen LogP contribution in [0.5, 0.6) is 0 Å². The molecule has 0 atom stereocenters. The molecule has 0 aliphatic carbocycles. The Hall–Kier alpha value is -1.20. The van der Waals surface area contributed by atoms with Gasteiger partial charge in [0.05, 0.1) is 22.6 Å². The topological polar surface area (TPSA) is 42.7 Å². The smallest absolute Gasteiger partial charge is 0.0832 e. The quantitative estimate of drug-likeness (QED) is 0.862. The molecule has 17 heavy (non-hydrogen) atoms. The summed E-state index contributed by atoms with van der Waals surface area (Å²) in [6.07, 6.45) is 8.51. The van der Waals surface area contributed by atoms with Crippen LogP contribution in [0.15, 0.2) is 35.3 Å². The standard InChI is InChI=1S/C12H15BrN4/c1-2-3-14-5-10-4-12(8-15-6-10)17-9-11(13)7-16-17/h4,6-9,14H,2-3,5H2,1H3. The lowest BCUT2D eigenvalue weighted by molar-refractivity contribution is 0.673. The lowest BCUT2D eigenvalue weighted by Gasteiger charge is -2.05. The summed E-state index contributed by atoms with van der Waals surface area (Å²) in [5.74, 6) is 0. The maximum atomic E-state index is 4.23. The van der Waals surface area contributed by atoms with Crippen molar-refractivity contribution in [2.45, 2.75) is 19.9 Å². The number of aromatic nitrogens is 3. The van der Waals surface area contributed by atoms with Crippen molar-refractivity contribution in [3.05, 3.63) is 40.9 Å². The summed E-state index contributed by atoms with van der Waals surface area (Å²) in [5, 5.41) is 7.59. The van der Waals surface area contributed by atoms with E-state index in [-0.39, 0.29) is 0 Å². The van der Waals surface area contributed by atoms with Crippen molar-refractivity contribution < 1.29 is 0 Å². The van der Waals surface area contributed by atoms with Crippen molar-refractivity contribution in [3.8, 4) is 5.69 Å². The van der Waals surface area contributed by atoms with Crippen molar-refractivity contribution in [1.82, 2.24) is 20.1 Å². The van der Waals surface area contributed by atoms with Gasteiger partial charge >= 0.3 is 0 Å². The third kappa shape index (κ3) is 3.38. The normalized spacial score (nSPS) is 10.7. The molecule has 2 heterocycles. The highest BCUT2D eigenvalue weighted by molar-refractivity contribution is 9.10. The van der Waals surface area contributed by atoms with Gasteiger partial charge in [0.1, 0.15) is 0 Å². The van der Waals surface area contributed by atoms with Gasteiger partial charge in [-0.1, -0.05) is 6.92 Å². The summed E-state index contributed by atoms with van der Waals surface area (Å²) in [7, 11) is 0. The van der Waals surface area contributed by atoms with Crippen LogP contribution in [-0.4, -0.2) is 21.3 Å². The molecule has 0 fully saturated rings. The Kier molecular flexibility index (Phi) is 4.28. The van der Waals surface area contributed by atoms with Crippen LogP contribution in [0.1, 0.15) is 18.9 Å². The average Bonchev–Trinajstić information content (AvgIpc) is 2.77. The predicted octanol–water partition coefficient (Wildman–Crippen LogP) is 2.53. The van der Waals surface area contributed by atoms with E-state index in [1.54, 1.807) is 10.9 Å². The minimum atomic E-state index is 0.844. The molecule has 0 bridgehead atoms. The SMILES string of the molecule is CCCNCc1cncc(-n2cc(Br)cn2)c1. The van der Waals surface area contributed by atoms with E-state index in [0.717, 1.165) is 29.7 Å². The van der Waals surface area contributed by atoms with E-state index in [0.29, 0.717) is 0 Å². The van der Waals surface area contributed by atoms with E-state index in [2.05, 4.69) is 44.3 Å². The number of hydrogen-bond donors (Lipinski definition) is 1. The van der Waals surface area contributed by atoms with Crippen LogP contribution >= 0.6 is 15.9 Å². The second kappa shape index (κ2) is 5.93. The summed E-state index contributed by atoms with van der Waals surface area (Å²) in [5.41, 5.74) is 2.15. The number of pyridine rings is 1. The Morgan fingerprint density at radius 2 is 2.24 bits per heavy atom. The second-order valence-corrected chi connectivity index (χ2v) is 4.75. The molecule has 0 aromatic carbocycles. The Morgan fingerprint density at radius 1 is 1.35 bits per heavy atom. The van der Waals surface area contributed by atoms with E-state index in [1.165, 1.54) is 5.56 Å². The van der Waals surface area contributed by atoms with Crippen LogP contribution in [-0.2, 0) is 6.54 Å². The zero-order valence-electron chi connectivity index (χ0n) is 9.73. The second-order valence-electron chi connectivity index (χ2n) is 3.83. The molecule has 2 rings (SSSR count). The van der Waals surface area contributed by atoms with E-state index in [4.69, 9.17) is 0 Å². The number of hydrogen-bond acceptors (Lipinski definition) is 3. The fourth-order valence-electron chi connectivity index (χ4n) is 1.55. The van der Waals surface area contributed by atoms with E-state index in [9.17, 15) is 0 Å². The van der Waals surface area contributed by atoms with Crippen molar-refractivity contribution in [1.29, 1.82) is 0 Å². The molecular weight excluding hydrogens is 280 g/mol. The summed E-state index contributed by atoms with van der Waals surface area (Å²) >= 11 is 3.38. The van der Waals surface area contributed by atoms with Crippen LogP contribution in [0.25, 0.3) is 5.69 Å². The number of nitrogens with one attached hydrogen (secondary N) is 1. The van der Waals surface area contributed by atoms with Gasteiger partial charge in [-0.3, -0.25) is 4.98 Å². The minimum absolute atomic E-state index is 0.844. The molecule has 4 nitrogen and oxygen atoms in total. The summed E-state index contributed by atoms with van der Waals surface area (Å²) < 4.78 is 2.77. The van der Waals surface area contributed by atoms with Gasteiger partial charge in [-0.05, 0) is 40.5 Å². The highest BCUT2D eigenvalue weighted by atomic mass is 79.9. The molecule has 0 radical (unpaired) electrons. The Bertz CT molecular complexity index is 481. The van der Waals surface area contributed by atoms with Gasteiger partial charge in [-0.15, -0.1) is 0 Å². The molecule has 0 aliphatic rings. The zero-order chi connectivity index (χ0) is 12.1. The molecule has 0 saturated heterocycles. The first-order valence-electron chi connectivity index (χ1n) is 5.65. The lowest BCUT2D eigenvalue weighted by atomic mass is 10.2. The predicted molar refractivity (Wildman–Crippen MR) is 71.1 cm³/mol. The van der Waals surface area contributed by atoms with Gasteiger partial charge in [-0.25, -0.2) is 4.68 Å². The molecule has 0 spiro atoms. The van der Waals surface area contributed by atoms with Crippen molar-refractivity contribution in [2.24, 2.45) is 0 Å². The average molecular weight is 295 g/mol.